The molecule has 0 aliphatic heterocycles. The van der Waals surface area contributed by atoms with Crippen LogP contribution in [0, 0.1) is 0 Å². The molecule has 0 fully saturated rings. The predicted octanol–water partition coefficient (Wildman–Crippen LogP) is -10.0. The van der Waals surface area contributed by atoms with Crippen LogP contribution in [0.2, 0.25) is 0 Å². The van der Waals surface area contributed by atoms with E-state index in [1.165, 1.54) is 0 Å². The van der Waals surface area contributed by atoms with Crippen molar-refractivity contribution in [2.45, 2.75) is 164 Å². The normalized spacial score (nSPS) is 13.6. The second kappa shape index (κ2) is 43.2. The van der Waals surface area contributed by atoms with Crippen molar-refractivity contribution in [2.75, 3.05) is 45.8 Å². The van der Waals surface area contributed by atoms with Gasteiger partial charge in [-0.1, -0.05) is 6.42 Å². The minimum Gasteiger partial charge on any atom is -0.370 e. The summed E-state index contributed by atoms with van der Waals surface area (Å²) in [6.07, 6.45) is 1.60. The van der Waals surface area contributed by atoms with Crippen molar-refractivity contribution in [3.63, 3.8) is 0 Å². The molecule has 0 saturated carbocycles. The minimum atomic E-state index is -1.48. The van der Waals surface area contributed by atoms with Crippen LogP contribution in [0.15, 0.2) is 25.0 Å². The van der Waals surface area contributed by atoms with Gasteiger partial charge in [0.15, 0.2) is 29.8 Å². The van der Waals surface area contributed by atoms with Crippen molar-refractivity contribution in [3.8, 4) is 0 Å². The molecule has 0 aromatic carbocycles. The van der Waals surface area contributed by atoms with E-state index in [4.69, 9.17) is 86.0 Å². The number of primary amides is 2. The standard InChI is InChI=1S/C47H95N27O9/c48-19-3-1-10-26(50)36(77)69-33(17-18-34(51)75)42(83)70-28(11-2-4-20-49)38(79)72-30(14-7-23-65-45(57)58)40(81)74-32(16-9-25-67-47(61)62)41(82)73-31(15-8-24-66-46(59)60)39(80)71-29(13-6-22-64-44(55)56)37(78)68-27(35(52)76)12-5-21-63-43(53)54/h26-33H,1-25,48-50H2,(H2,51,75)(H2,52,76)(H,68,78)(H,69,77)(H,70,83)(H,71,80)(H,72,79)(H,73,82)(H,74,81)(H4,53,54,63)(H4,55,56,64)(H4,57,58,65)(H4,59,60,66)(H4,61,62,67)/t26-,27-,28-,29-,30-,31-,32-,33-/m0/s1. The lowest BCUT2D eigenvalue weighted by molar-refractivity contribution is -0.136. The third-order valence-corrected chi connectivity index (χ3v) is 12.1. The molecule has 0 aromatic heterocycles. The molecule has 37 N–H and O–H groups in total. The van der Waals surface area contributed by atoms with E-state index >= 15 is 0 Å². The van der Waals surface area contributed by atoms with Gasteiger partial charge in [0.05, 0.1) is 6.04 Å². The lowest BCUT2D eigenvalue weighted by Crippen LogP contribution is -2.60. The molecule has 0 rings (SSSR count). The Balaban J connectivity index is 7.30. The summed E-state index contributed by atoms with van der Waals surface area (Å²) in [5, 5.41) is 18.3. The van der Waals surface area contributed by atoms with Crippen LogP contribution < -0.4 is 123 Å². The van der Waals surface area contributed by atoms with Crippen LogP contribution in [0.3, 0.4) is 0 Å². The van der Waals surface area contributed by atoms with Crippen LogP contribution in [-0.4, -0.2) is 177 Å². The number of aliphatic imine (C=N–C) groups is 5. The summed E-state index contributed by atoms with van der Waals surface area (Å²) >= 11 is 0. The number of nitrogens with zero attached hydrogens (tertiary/aromatic N) is 5. The number of carbonyl (C=O) groups excluding carboxylic acids is 9. The zero-order valence-electron chi connectivity index (χ0n) is 47.4. The smallest absolute Gasteiger partial charge is 0.243 e. The summed E-state index contributed by atoms with van der Waals surface area (Å²) in [5.74, 6) is -8.87. The van der Waals surface area contributed by atoms with Gasteiger partial charge >= 0.3 is 0 Å². The van der Waals surface area contributed by atoms with E-state index in [0.29, 0.717) is 32.2 Å². The first kappa shape index (κ1) is 74.5. The molecule has 0 unspecified atom stereocenters. The molecule has 0 saturated heterocycles. The fraction of sp³-hybridized carbons (Fsp3) is 0.702. The van der Waals surface area contributed by atoms with E-state index < -0.39 is 101 Å². The number of nitrogens with two attached hydrogens (primary N) is 15. The van der Waals surface area contributed by atoms with Gasteiger partial charge in [-0.15, -0.1) is 0 Å². The van der Waals surface area contributed by atoms with Crippen LogP contribution in [0.5, 0.6) is 0 Å². The molecule has 0 aliphatic carbocycles. The van der Waals surface area contributed by atoms with Crippen molar-refractivity contribution in [3.05, 3.63) is 0 Å². The highest BCUT2D eigenvalue weighted by atomic mass is 16.2. The first-order valence-electron chi connectivity index (χ1n) is 27.3. The second-order valence-electron chi connectivity index (χ2n) is 19.3. The van der Waals surface area contributed by atoms with Gasteiger partial charge in [-0.3, -0.25) is 68.1 Å². The Morgan fingerprint density at radius 3 is 0.771 bits per heavy atom. The Morgan fingerprint density at radius 2 is 0.518 bits per heavy atom. The third-order valence-electron chi connectivity index (χ3n) is 12.1. The summed E-state index contributed by atoms with van der Waals surface area (Å²) in [6.45, 7) is 0.696. The molecular weight excluding hydrogens is 1090 g/mol. The van der Waals surface area contributed by atoms with Gasteiger partial charge in [-0.25, -0.2) is 0 Å². The number of rotatable bonds is 46. The van der Waals surface area contributed by atoms with E-state index in [-0.39, 0.29) is 159 Å². The largest absolute Gasteiger partial charge is 0.370 e. The number of guanidine groups is 5. The van der Waals surface area contributed by atoms with Crippen molar-refractivity contribution in [1.82, 2.24) is 37.2 Å². The molecule has 472 valence electrons. The Morgan fingerprint density at radius 1 is 0.289 bits per heavy atom. The summed E-state index contributed by atoms with van der Waals surface area (Å²) in [7, 11) is 0. The highest BCUT2D eigenvalue weighted by Gasteiger charge is 2.34. The third kappa shape index (κ3) is 36.4. The average molecular weight is 1180 g/mol. The molecule has 0 heterocycles. The number of hydrogen-bond donors (Lipinski definition) is 22. The number of carbonyl (C=O) groups is 9. The van der Waals surface area contributed by atoms with E-state index in [1.807, 2.05) is 0 Å². The number of amides is 9. The fourth-order valence-electron chi connectivity index (χ4n) is 7.75. The fourth-order valence-corrected chi connectivity index (χ4v) is 7.75. The topological polar surface area (TPSA) is 690 Å². The highest BCUT2D eigenvalue weighted by molar-refractivity contribution is 5.98. The zero-order chi connectivity index (χ0) is 62.9. The van der Waals surface area contributed by atoms with Gasteiger partial charge in [0, 0.05) is 39.1 Å². The van der Waals surface area contributed by atoms with Crippen LogP contribution in [-0.2, 0) is 43.2 Å². The Kier molecular flexibility index (Phi) is 38.8. The molecule has 0 radical (unpaired) electrons. The number of unbranched alkanes of at least 4 members (excludes halogenated alkanes) is 2. The van der Waals surface area contributed by atoms with E-state index in [9.17, 15) is 43.2 Å². The minimum absolute atomic E-state index is 0.00933. The summed E-state index contributed by atoms with van der Waals surface area (Å²) < 4.78 is 0. The van der Waals surface area contributed by atoms with Gasteiger partial charge in [0.2, 0.25) is 53.2 Å². The van der Waals surface area contributed by atoms with Crippen molar-refractivity contribution >= 4 is 83.0 Å². The maximum Gasteiger partial charge on any atom is 0.243 e. The SMILES string of the molecule is NCCCC[C@H](NC(=O)[C@H](CCC(N)=O)NC(=O)[C@@H](N)CCCCN)C(=O)N[C@@H](CCCN=C(N)N)C(=O)N[C@@H](CCCN=C(N)N)C(=O)N[C@@H](CCCN=C(N)N)C(=O)N[C@@H](CCCN=C(N)N)C(=O)N[C@@H](CCCN=C(N)N)C(N)=O. The Hall–Kier alpha value is -8.54. The summed E-state index contributed by atoms with van der Waals surface area (Å²) in [4.78, 5) is 143. The van der Waals surface area contributed by atoms with Gasteiger partial charge in [-0.05, 0) is 116 Å². The van der Waals surface area contributed by atoms with Gasteiger partial charge in [0.1, 0.15) is 42.3 Å². The van der Waals surface area contributed by atoms with Crippen LogP contribution in [0.25, 0.3) is 0 Å². The molecule has 9 amide bonds. The molecule has 0 aromatic rings. The lowest BCUT2D eigenvalue weighted by atomic mass is 10.0. The van der Waals surface area contributed by atoms with Crippen molar-refractivity contribution in [2.24, 2.45) is 111 Å². The van der Waals surface area contributed by atoms with E-state index in [0.717, 1.165) is 0 Å². The maximum atomic E-state index is 14.5. The van der Waals surface area contributed by atoms with Crippen LogP contribution in [0.1, 0.15) is 116 Å². The van der Waals surface area contributed by atoms with Gasteiger partial charge < -0.3 is 123 Å². The number of nitrogens with one attached hydrogen (secondary N) is 7. The van der Waals surface area contributed by atoms with E-state index in [2.05, 4.69) is 62.2 Å². The first-order valence-corrected chi connectivity index (χ1v) is 27.3. The Bertz CT molecular complexity index is 2190. The summed E-state index contributed by atoms with van der Waals surface area (Å²) in [5.41, 5.74) is 83.5. The lowest BCUT2D eigenvalue weighted by Gasteiger charge is -2.28. The molecule has 0 bridgehead atoms. The molecule has 36 heteroatoms. The van der Waals surface area contributed by atoms with Gasteiger partial charge in [0.25, 0.3) is 0 Å². The second-order valence-corrected chi connectivity index (χ2v) is 19.3. The average Bonchev–Trinajstić information content (AvgIpc) is 3.41. The predicted molar refractivity (Wildman–Crippen MR) is 314 cm³/mol. The monoisotopic (exact) mass is 1180 g/mol. The zero-order valence-corrected chi connectivity index (χ0v) is 47.4. The highest BCUT2D eigenvalue weighted by Crippen LogP contribution is 2.11. The molecule has 83 heavy (non-hydrogen) atoms. The first-order chi connectivity index (χ1) is 39.2. The van der Waals surface area contributed by atoms with Crippen molar-refractivity contribution in [1.29, 1.82) is 0 Å². The van der Waals surface area contributed by atoms with Crippen LogP contribution >= 0.6 is 0 Å². The number of hydrogen-bond acceptors (Lipinski definition) is 17. The van der Waals surface area contributed by atoms with Crippen LogP contribution in [0.4, 0.5) is 0 Å². The molecule has 0 aliphatic rings. The molecular formula is C47H95N27O9. The molecule has 0 spiro atoms. The Labute approximate surface area is 482 Å². The van der Waals surface area contributed by atoms with Crippen molar-refractivity contribution < 1.29 is 43.2 Å². The molecule has 8 atom stereocenters. The maximum absolute atomic E-state index is 14.5. The van der Waals surface area contributed by atoms with Gasteiger partial charge in [-0.2, -0.15) is 0 Å². The van der Waals surface area contributed by atoms with E-state index in [1.54, 1.807) is 0 Å². The quantitative estimate of drug-likeness (QED) is 0.0153. The summed E-state index contributed by atoms with van der Waals surface area (Å²) in [6, 6.07) is -10.7. The molecule has 36 nitrogen and oxygen atoms in total.